The minimum atomic E-state index is -4.71. The van der Waals surface area contributed by atoms with Crippen molar-refractivity contribution in [2.24, 2.45) is 0 Å². The monoisotopic (exact) mass is 503 g/mol. The van der Waals surface area contributed by atoms with E-state index in [1.54, 1.807) is 6.07 Å². The van der Waals surface area contributed by atoms with Gasteiger partial charge in [-0.25, -0.2) is 13.2 Å². The van der Waals surface area contributed by atoms with Gasteiger partial charge in [-0.2, -0.15) is 13.2 Å². The fourth-order valence-electron chi connectivity index (χ4n) is 2.70. The Morgan fingerprint density at radius 1 is 0.938 bits per heavy atom. The van der Waals surface area contributed by atoms with E-state index < -0.39 is 34.3 Å². The Balaban J connectivity index is 2.00. The Morgan fingerprint density at radius 3 is 2.25 bits per heavy atom. The van der Waals surface area contributed by atoms with E-state index in [-0.39, 0.29) is 26.4 Å². The maximum atomic E-state index is 13.2. The van der Waals surface area contributed by atoms with Crippen molar-refractivity contribution in [3.8, 4) is 5.75 Å². The molecule has 11 heteroatoms. The molecule has 0 radical (unpaired) electrons. The maximum Gasteiger partial charge on any atom is 0.416 e. The Labute approximate surface area is 192 Å². The van der Waals surface area contributed by atoms with Crippen LogP contribution in [0.5, 0.6) is 5.75 Å². The van der Waals surface area contributed by atoms with Crippen LogP contribution in [0.15, 0.2) is 77.7 Å². The van der Waals surface area contributed by atoms with E-state index in [4.69, 9.17) is 27.9 Å². The minimum absolute atomic E-state index is 0.00221. The van der Waals surface area contributed by atoms with Gasteiger partial charge in [-0.15, -0.1) is 0 Å². The second-order valence-electron chi connectivity index (χ2n) is 6.42. The molecular weight excluding hydrogens is 490 g/mol. The molecule has 0 aliphatic rings. The van der Waals surface area contributed by atoms with Crippen LogP contribution in [0.25, 0.3) is 0 Å². The second-order valence-corrected chi connectivity index (χ2v) is 9.13. The van der Waals surface area contributed by atoms with Crippen molar-refractivity contribution < 1.29 is 31.1 Å². The zero-order valence-corrected chi connectivity index (χ0v) is 18.3. The summed E-state index contributed by atoms with van der Waals surface area (Å²) < 4.78 is 71.6. The number of hydrogen-bond donors (Lipinski definition) is 0. The van der Waals surface area contributed by atoms with Gasteiger partial charge in [0.05, 0.1) is 21.2 Å². The van der Waals surface area contributed by atoms with Gasteiger partial charge >= 0.3 is 12.1 Å². The first-order valence-corrected chi connectivity index (χ1v) is 11.1. The summed E-state index contributed by atoms with van der Waals surface area (Å²) in [6, 6.07) is 14.7. The molecular formula is C21H14Cl2F3NO4S. The molecule has 3 aromatic carbocycles. The van der Waals surface area contributed by atoms with Gasteiger partial charge in [-0.05, 0) is 48.5 Å². The van der Waals surface area contributed by atoms with Gasteiger partial charge in [0, 0.05) is 5.02 Å². The number of benzene rings is 3. The van der Waals surface area contributed by atoms with Crippen LogP contribution in [0.4, 0.5) is 18.9 Å². The van der Waals surface area contributed by atoms with Crippen LogP contribution in [-0.2, 0) is 21.0 Å². The highest BCUT2D eigenvalue weighted by atomic mass is 35.5. The zero-order valence-electron chi connectivity index (χ0n) is 16.0. The summed E-state index contributed by atoms with van der Waals surface area (Å²) in [7, 11) is -4.41. The molecule has 0 aliphatic carbocycles. The molecule has 32 heavy (non-hydrogen) atoms. The van der Waals surface area contributed by atoms with Crippen molar-refractivity contribution in [1.29, 1.82) is 0 Å². The third-order valence-corrected chi connectivity index (χ3v) is 6.50. The highest BCUT2D eigenvalue weighted by Gasteiger charge is 2.33. The molecule has 0 aromatic heterocycles. The summed E-state index contributed by atoms with van der Waals surface area (Å²) in [5.74, 6) is -1.15. The number of anilines is 1. The van der Waals surface area contributed by atoms with Gasteiger partial charge in [-0.3, -0.25) is 4.31 Å². The van der Waals surface area contributed by atoms with Gasteiger partial charge < -0.3 is 4.74 Å². The minimum Gasteiger partial charge on any atom is -0.424 e. The smallest absolute Gasteiger partial charge is 0.416 e. The second kappa shape index (κ2) is 9.40. The van der Waals surface area contributed by atoms with Gasteiger partial charge in [0.15, 0.2) is 0 Å². The predicted octanol–water partition coefficient (Wildman–Crippen LogP) is 5.81. The summed E-state index contributed by atoms with van der Waals surface area (Å²) in [4.78, 5) is 12.3. The third kappa shape index (κ3) is 5.53. The average molecular weight is 504 g/mol. The first-order chi connectivity index (χ1) is 15.0. The largest absolute Gasteiger partial charge is 0.424 e. The van der Waals surface area contributed by atoms with Gasteiger partial charge in [0.2, 0.25) is 0 Å². The zero-order chi connectivity index (χ0) is 23.5. The van der Waals surface area contributed by atoms with Crippen molar-refractivity contribution >= 4 is 44.9 Å². The summed E-state index contributed by atoms with van der Waals surface area (Å²) in [5.41, 5.74) is -1.43. The van der Waals surface area contributed by atoms with E-state index in [0.29, 0.717) is 10.4 Å². The number of rotatable bonds is 6. The van der Waals surface area contributed by atoms with Crippen LogP contribution in [0.2, 0.25) is 10.0 Å². The lowest BCUT2D eigenvalue weighted by molar-refractivity contribution is -0.137. The molecule has 0 saturated carbocycles. The molecule has 0 saturated heterocycles. The van der Waals surface area contributed by atoms with Crippen LogP contribution in [0, 0.1) is 0 Å². The fourth-order valence-corrected chi connectivity index (χ4v) is 4.57. The van der Waals surface area contributed by atoms with Crippen LogP contribution >= 0.6 is 23.2 Å². The number of ether oxygens (including phenoxy) is 1. The van der Waals surface area contributed by atoms with Gasteiger partial charge in [0.1, 0.15) is 12.3 Å². The number of alkyl halides is 3. The van der Waals surface area contributed by atoms with Gasteiger partial charge in [0.25, 0.3) is 10.0 Å². The van der Waals surface area contributed by atoms with E-state index >= 15 is 0 Å². The van der Waals surface area contributed by atoms with E-state index in [2.05, 4.69) is 0 Å². The molecule has 0 amide bonds. The quantitative estimate of drug-likeness (QED) is 0.314. The van der Waals surface area contributed by atoms with E-state index in [0.717, 1.165) is 18.2 Å². The lowest BCUT2D eigenvalue weighted by Crippen LogP contribution is -2.37. The Morgan fingerprint density at radius 2 is 1.62 bits per heavy atom. The Bertz CT molecular complexity index is 1240. The Kier molecular flexibility index (Phi) is 7.02. The lowest BCUT2D eigenvalue weighted by Gasteiger charge is -2.24. The van der Waals surface area contributed by atoms with Crippen LogP contribution in [-0.4, -0.2) is 20.9 Å². The average Bonchev–Trinajstić information content (AvgIpc) is 2.74. The number of hydrogen-bond acceptors (Lipinski definition) is 4. The highest BCUT2D eigenvalue weighted by molar-refractivity contribution is 7.92. The van der Waals surface area contributed by atoms with Crippen molar-refractivity contribution in [2.75, 3.05) is 10.8 Å². The molecule has 5 nitrogen and oxygen atoms in total. The number of sulfonamides is 1. The number of carbonyl (C=O) groups excluding carboxylic acids is 1. The van der Waals surface area contributed by atoms with Gasteiger partial charge in [-0.1, -0.05) is 47.5 Å². The van der Waals surface area contributed by atoms with Crippen LogP contribution in [0.3, 0.4) is 0 Å². The van der Waals surface area contributed by atoms with E-state index in [9.17, 15) is 26.4 Å². The molecule has 0 aliphatic heterocycles. The molecule has 168 valence electrons. The van der Waals surface area contributed by atoms with Crippen molar-refractivity contribution in [3.63, 3.8) is 0 Å². The van der Waals surface area contributed by atoms with Crippen molar-refractivity contribution in [3.05, 3.63) is 88.4 Å². The summed E-state index contributed by atoms with van der Waals surface area (Å²) >= 11 is 11.8. The predicted molar refractivity (Wildman–Crippen MR) is 115 cm³/mol. The first-order valence-electron chi connectivity index (χ1n) is 8.89. The third-order valence-electron chi connectivity index (χ3n) is 4.18. The number of halogens is 5. The summed E-state index contributed by atoms with van der Waals surface area (Å²) in [5, 5.41) is 0.287. The van der Waals surface area contributed by atoms with E-state index in [1.165, 1.54) is 42.5 Å². The molecule has 0 unspecified atom stereocenters. The highest BCUT2D eigenvalue weighted by Crippen LogP contribution is 2.33. The molecule has 0 N–H and O–H groups in total. The number of nitrogens with zero attached hydrogens (tertiary/aromatic N) is 1. The topological polar surface area (TPSA) is 63.7 Å². The maximum absolute atomic E-state index is 13.2. The molecule has 0 spiro atoms. The number of esters is 1. The normalized spacial score (nSPS) is 11.8. The fraction of sp³-hybridized carbons (Fsp3) is 0.0952. The molecule has 0 bridgehead atoms. The lowest BCUT2D eigenvalue weighted by atomic mass is 10.2. The molecule has 0 heterocycles. The molecule has 3 rings (SSSR count). The summed E-state index contributed by atoms with van der Waals surface area (Å²) in [6.07, 6.45) is -4.71. The van der Waals surface area contributed by atoms with E-state index in [1.807, 2.05) is 0 Å². The number of carbonyl (C=O) groups is 1. The molecule has 3 aromatic rings. The summed E-state index contributed by atoms with van der Waals surface area (Å²) in [6.45, 7) is -0.905. The van der Waals surface area contributed by atoms with Crippen LogP contribution in [0.1, 0.15) is 5.56 Å². The Hall–Kier alpha value is -2.75. The molecule has 0 fully saturated rings. The van der Waals surface area contributed by atoms with Crippen molar-refractivity contribution in [1.82, 2.24) is 0 Å². The van der Waals surface area contributed by atoms with Crippen molar-refractivity contribution in [2.45, 2.75) is 11.1 Å². The van der Waals surface area contributed by atoms with Crippen LogP contribution < -0.4 is 9.04 Å². The standard InChI is InChI=1S/C21H14Cl2F3NO4S/c22-15-9-10-19(18(23)12-15)31-20(28)13-27(32(29,30)17-7-2-1-3-8-17)16-6-4-5-14(11-16)21(24,25)26/h1-12H,13H2. The molecule has 0 atom stereocenters. The SMILES string of the molecule is O=C(CN(c1cccc(C(F)(F)F)c1)S(=O)(=O)c1ccccc1)Oc1ccc(Cl)cc1Cl. The first kappa shape index (κ1) is 23.9.